The molecule has 1 N–H and O–H groups in total. The molecule has 0 aliphatic heterocycles. The summed E-state index contributed by atoms with van der Waals surface area (Å²) in [6.45, 7) is 3.35. The molecule has 0 aliphatic carbocycles. The first-order valence-corrected chi connectivity index (χ1v) is 13.6. The number of nitrogens with zero attached hydrogens (tertiary/aromatic N) is 2. The molecule has 2 amide bonds. The van der Waals surface area contributed by atoms with Gasteiger partial charge in [-0.2, -0.15) is 0 Å². The second-order valence-electron chi connectivity index (χ2n) is 8.38. The van der Waals surface area contributed by atoms with Crippen molar-refractivity contribution in [3.63, 3.8) is 0 Å². The Hall–Kier alpha value is -3.43. The first kappa shape index (κ1) is 28.1. The van der Waals surface area contributed by atoms with Gasteiger partial charge < -0.3 is 10.2 Å². The highest BCUT2D eigenvalue weighted by molar-refractivity contribution is 7.92. The second kappa shape index (κ2) is 12.7. The van der Waals surface area contributed by atoms with Crippen LogP contribution in [-0.4, -0.2) is 44.3 Å². The molecular formula is C27H29ClFN3O4S. The number of hydrogen-bond donors (Lipinski definition) is 1. The van der Waals surface area contributed by atoms with Crippen LogP contribution < -0.4 is 9.62 Å². The molecule has 0 fully saturated rings. The summed E-state index contributed by atoms with van der Waals surface area (Å²) in [6, 6.07) is 18.5. The fourth-order valence-electron chi connectivity index (χ4n) is 3.65. The molecule has 196 valence electrons. The number of hydrogen-bond acceptors (Lipinski definition) is 4. The van der Waals surface area contributed by atoms with Crippen LogP contribution in [0, 0.1) is 5.82 Å². The van der Waals surface area contributed by atoms with E-state index in [1.165, 1.54) is 4.90 Å². The van der Waals surface area contributed by atoms with E-state index in [-0.39, 0.29) is 23.0 Å². The van der Waals surface area contributed by atoms with E-state index in [4.69, 9.17) is 11.6 Å². The summed E-state index contributed by atoms with van der Waals surface area (Å²) < 4.78 is 41.6. The average molecular weight is 546 g/mol. The lowest BCUT2D eigenvalue weighted by molar-refractivity contribution is -0.139. The smallest absolute Gasteiger partial charge is 0.264 e. The standard InChI is InChI=1S/C27H29ClFN3O4S/c1-3-17-30-27(34)20(2)31(18-21-9-7-8-12-25(21)28)26(33)19-32(23-10-5-4-6-11-23)37(35,36)24-15-13-22(29)14-16-24/h4-16,20H,3,17-19H2,1-2H3,(H,30,34). The topological polar surface area (TPSA) is 86.8 Å². The van der Waals surface area contributed by atoms with Gasteiger partial charge >= 0.3 is 0 Å². The van der Waals surface area contributed by atoms with Crippen molar-refractivity contribution in [1.29, 1.82) is 0 Å². The number of halogens is 2. The molecule has 0 aliphatic rings. The predicted molar refractivity (Wildman–Crippen MR) is 142 cm³/mol. The maximum absolute atomic E-state index is 13.7. The Morgan fingerprint density at radius 2 is 1.59 bits per heavy atom. The van der Waals surface area contributed by atoms with Crippen molar-refractivity contribution in [2.24, 2.45) is 0 Å². The highest BCUT2D eigenvalue weighted by Gasteiger charge is 2.32. The highest BCUT2D eigenvalue weighted by atomic mass is 35.5. The number of benzene rings is 3. The van der Waals surface area contributed by atoms with E-state index in [2.05, 4.69) is 5.32 Å². The molecule has 0 saturated carbocycles. The van der Waals surface area contributed by atoms with E-state index in [1.54, 1.807) is 61.5 Å². The minimum atomic E-state index is -4.25. The number of carbonyl (C=O) groups excluding carboxylic acids is 2. The second-order valence-corrected chi connectivity index (χ2v) is 10.7. The van der Waals surface area contributed by atoms with Crippen molar-refractivity contribution in [3.05, 3.63) is 95.3 Å². The zero-order valence-electron chi connectivity index (χ0n) is 20.6. The van der Waals surface area contributed by atoms with E-state index in [0.29, 0.717) is 23.6 Å². The Kier molecular flexibility index (Phi) is 9.66. The third kappa shape index (κ3) is 7.08. The third-order valence-corrected chi connectivity index (χ3v) is 7.90. The SMILES string of the molecule is CCCNC(=O)C(C)N(Cc1ccccc1Cl)C(=O)CN(c1ccccc1)S(=O)(=O)c1ccc(F)cc1. The lowest BCUT2D eigenvalue weighted by atomic mass is 10.1. The molecule has 1 unspecified atom stereocenters. The molecule has 3 aromatic carbocycles. The molecule has 3 aromatic rings. The van der Waals surface area contributed by atoms with Crippen LogP contribution in [0.3, 0.4) is 0 Å². The first-order chi connectivity index (χ1) is 17.6. The zero-order valence-corrected chi connectivity index (χ0v) is 22.2. The van der Waals surface area contributed by atoms with E-state index in [9.17, 15) is 22.4 Å². The summed E-state index contributed by atoms with van der Waals surface area (Å²) in [7, 11) is -4.25. The van der Waals surface area contributed by atoms with Crippen molar-refractivity contribution in [2.45, 2.75) is 37.8 Å². The number of nitrogens with one attached hydrogen (secondary N) is 1. The number of rotatable bonds is 11. The monoisotopic (exact) mass is 545 g/mol. The van der Waals surface area contributed by atoms with Crippen LogP contribution in [0.4, 0.5) is 10.1 Å². The molecule has 3 rings (SSSR count). The minimum Gasteiger partial charge on any atom is -0.354 e. The minimum absolute atomic E-state index is 0.00154. The summed E-state index contributed by atoms with van der Waals surface area (Å²) in [4.78, 5) is 27.7. The predicted octanol–water partition coefficient (Wildman–Crippen LogP) is 4.62. The zero-order chi connectivity index (χ0) is 27.0. The van der Waals surface area contributed by atoms with Gasteiger partial charge in [0.1, 0.15) is 18.4 Å². The van der Waals surface area contributed by atoms with E-state index in [1.807, 2.05) is 6.92 Å². The molecule has 0 bridgehead atoms. The summed E-state index contributed by atoms with van der Waals surface area (Å²) in [5.41, 5.74) is 0.862. The van der Waals surface area contributed by atoms with Gasteiger partial charge in [0.25, 0.3) is 10.0 Å². The van der Waals surface area contributed by atoms with Crippen molar-refractivity contribution in [1.82, 2.24) is 10.2 Å². The molecule has 0 aromatic heterocycles. The Labute approximate surface area is 221 Å². The summed E-state index contributed by atoms with van der Waals surface area (Å²) in [5.74, 6) is -1.55. The van der Waals surface area contributed by atoms with Gasteiger partial charge in [-0.3, -0.25) is 13.9 Å². The fourth-order valence-corrected chi connectivity index (χ4v) is 5.26. The van der Waals surface area contributed by atoms with E-state index >= 15 is 0 Å². The number of para-hydroxylation sites is 1. The molecule has 10 heteroatoms. The Balaban J connectivity index is 2.00. The van der Waals surface area contributed by atoms with Gasteiger partial charge in [-0.25, -0.2) is 12.8 Å². The van der Waals surface area contributed by atoms with Crippen LogP contribution in [0.15, 0.2) is 83.8 Å². The normalized spacial score (nSPS) is 12.0. The van der Waals surface area contributed by atoms with Crippen LogP contribution in [0.5, 0.6) is 0 Å². The summed E-state index contributed by atoms with van der Waals surface area (Å²) in [5, 5.41) is 3.20. The van der Waals surface area contributed by atoms with Gasteiger partial charge in [-0.1, -0.05) is 54.9 Å². The van der Waals surface area contributed by atoms with Crippen molar-refractivity contribution >= 4 is 39.1 Å². The quantitative estimate of drug-likeness (QED) is 0.381. The van der Waals surface area contributed by atoms with E-state index < -0.39 is 34.3 Å². The number of anilines is 1. The number of amides is 2. The van der Waals surface area contributed by atoms with Gasteiger partial charge in [0, 0.05) is 18.1 Å². The first-order valence-electron chi connectivity index (χ1n) is 11.8. The van der Waals surface area contributed by atoms with Crippen molar-refractivity contribution in [3.8, 4) is 0 Å². The maximum Gasteiger partial charge on any atom is 0.264 e. The molecular weight excluding hydrogens is 517 g/mol. The average Bonchev–Trinajstić information content (AvgIpc) is 2.90. The van der Waals surface area contributed by atoms with Gasteiger partial charge in [0.15, 0.2) is 0 Å². The molecule has 0 saturated heterocycles. The van der Waals surface area contributed by atoms with E-state index in [0.717, 1.165) is 28.6 Å². The van der Waals surface area contributed by atoms with Crippen LogP contribution in [0.25, 0.3) is 0 Å². The Morgan fingerprint density at radius 3 is 2.22 bits per heavy atom. The van der Waals surface area contributed by atoms with Gasteiger partial charge in [-0.05, 0) is 61.4 Å². The van der Waals surface area contributed by atoms with Gasteiger partial charge in [0.2, 0.25) is 11.8 Å². The Morgan fingerprint density at radius 1 is 0.973 bits per heavy atom. The van der Waals surface area contributed by atoms with Crippen LogP contribution in [-0.2, 0) is 26.2 Å². The lowest BCUT2D eigenvalue weighted by Gasteiger charge is -2.32. The van der Waals surface area contributed by atoms with Gasteiger partial charge in [-0.15, -0.1) is 0 Å². The molecule has 0 spiro atoms. The third-order valence-electron chi connectivity index (χ3n) is 5.74. The molecule has 7 nitrogen and oxygen atoms in total. The van der Waals surface area contributed by atoms with Crippen LogP contribution in [0.2, 0.25) is 5.02 Å². The largest absolute Gasteiger partial charge is 0.354 e. The molecule has 1 atom stereocenters. The van der Waals surface area contributed by atoms with Crippen molar-refractivity contribution in [2.75, 3.05) is 17.4 Å². The lowest BCUT2D eigenvalue weighted by Crippen LogP contribution is -2.51. The molecule has 0 heterocycles. The highest BCUT2D eigenvalue weighted by Crippen LogP contribution is 2.25. The number of carbonyl (C=O) groups is 2. The summed E-state index contributed by atoms with van der Waals surface area (Å²) >= 11 is 6.33. The molecule has 37 heavy (non-hydrogen) atoms. The molecule has 0 radical (unpaired) electrons. The fraction of sp³-hybridized carbons (Fsp3) is 0.259. The van der Waals surface area contributed by atoms with Crippen molar-refractivity contribution < 1.29 is 22.4 Å². The number of sulfonamides is 1. The van der Waals surface area contributed by atoms with Gasteiger partial charge in [0.05, 0.1) is 10.6 Å². The maximum atomic E-state index is 13.7. The van der Waals surface area contributed by atoms with Crippen LogP contribution in [0.1, 0.15) is 25.8 Å². The Bertz CT molecular complexity index is 1320. The van der Waals surface area contributed by atoms with Crippen LogP contribution >= 0.6 is 11.6 Å². The summed E-state index contributed by atoms with van der Waals surface area (Å²) in [6.07, 6.45) is 0.717.